The van der Waals surface area contributed by atoms with Crippen molar-refractivity contribution in [1.82, 2.24) is 9.62 Å². The summed E-state index contributed by atoms with van der Waals surface area (Å²) in [5, 5.41) is 5.71. The molecule has 1 amide bonds. The maximum absolute atomic E-state index is 12.5. The fourth-order valence-electron chi connectivity index (χ4n) is 2.68. The van der Waals surface area contributed by atoms with Crippen LogP contribution >= 0.6 is 12.2 Å². The lowest BCUT2D eigenvalue weighted by Gasteiger charge is -2.18. The molecule has 28 heavy (non-hydrogen) atoms. The standard InChI is InChI=1S/C20H25N3O3S2/c1-3-23(4-2)28(25,26)18-13-11-17(12-14-18)21-20(27)22-19(24)15-10-16-8-6-5-7-9-16/h5-9,11-14H,3-4,10,15H2,1-2H3,(H2,21,22,24,27). The molecule has 2 rings (SSSR count). The molecule has 0 saturated carbocycles. The number of aryl methyl sites for hydroxylation is 1. The summed E-state index contributed by atoms with van der Waals surface area (Å²) < 4.78 is 26.4. The average Bonchev–Trinajstić information content (AvgIpc) is 2.68. The Morgan fingerprint density at radius 1 is 1.00 bits per heavy atom. The lowest BCUT2D eigenvalue weighted by atomic mass is 10.1. The van der Waals surface area contributed by atoms with E-state index in [4.69, 9.17) is 12.2 Å². The number of sulfonamides is 1. The van der Waals surface area contributed by atoms with E-state index in [0.29, 0.717) is 31.6 Å². The second-order valence-corrected chi connectivity index (χ2v) is 8.45. The number of carbonyl (C=O) groups is 1. The largest absolute Gasteiger partial charge is 0.332 e. The van der Waals surface area contributed by atoms with Crippen molar-refractivity contribution >= 4 is 38.9 Å². The predicted octanol–water partition coefficient (Wildman–Crippen LogP) is 3.16. The fourth-order valence-corrected chi connectivity index (χ4v) is 4.37. The van der Waals surface area contributed by atoms with Crippen molar-refractivity contribution in [2.75, 3.05) is 18.4 Å². The van der Waals surface area contributed by atoms with Gasteiger partial charge in [0, 0.05) is 25.2 Å². The zero-order valence-electron chi connectivity index (χ0n) is 16.0. The minimum Gasteiger partial charge on any atom is -0.332 e. The lowest BCUT2D eigenvalue weighted by molar-refractivity contribution is -0.119. The number of hydrogen-bond acceptors (Lipinski definition) is 4. The van der Waals surface area contributed by atoms with E-state index in [0.717, 1.165) is 5.56 Å². The monoisotopic (exact) mass is 419 g/mol. The molecule has 0 aliphatic carbocycles. The summed E-state index contributed by atoms with van der Waals surface area (Å²) in [4.78, 5) is 12.2. The van der Waals surface area contributed by atoms with Crippen LogP contribution in [0.3, 0.4) is 0 Å². The summed E-state index contributed by atoms with van der Waals surface area (Å²) in [6, 6.07) is 16.0. The molecule has 0 fully saturated rings. The first-order valence-electron chi connectivity index (χ1n) is 9.11. The molecule has 2 aromatic carbocycles. The van der Waals surface area contributed by atoms with Crippen LogP contribution in [-0.2, 0) is 21.2 Å². The molecule has 0 aliphatic rings. The van der Waals surface area contributed by atoms with E-state index in [1.54, 1.807) is 26.0 Å². The summed E-state index contributed by atoms with van der Waals surface area (Å²) in [6.07, 6.45) is 0.958. The molecule has 6 nitrogen and oxygen atoms in total. The number of nitrogens with zero attached hydrogens (tertiary/aromatic N) is 1. The van der Waals surface area contributed by atoms with Gasteiger partial charge in [0.25, 0.3) is 0 Å². The number of benzene rings is 2. The summed E-state index contributed by atoms with van der Waals surface area (Å²) in [5.74, 6) is -0.179. The molecule has 0 radical (unpaired) electrons. The number of anilines is 1. The fraction of sp³-hybridized carbons (Fsp3) is 0.300. The maximum Gasteiger partial charge on any atom is 0.243 e. The van der Waals surface area contributed by atoms with Crippen LogP contribution in [0.4, 0.5) is 5.69 Å². The first kappa shape index (κ1) is 22.0. The zero-order valence-corrected chi connectivity index (χ0v) is 17.6. The number of thiocarbonyl (C=S) groups is 1. The van der Waals surface area contributed by atoms with Gasteiger partial charge in [0.15, 0.2) is 5.11 Å². The number of nitrogens with one attached hydrogen (secondary N) is 2. The number of amides is 1. The first-order valence-corrected chi connectivity index (χ1v) is 11.0. The van der Waals surface area contributed by atoms with Gasteiger partial charge < -0.3 is 10.6 Å². The molecule has 150 valence electrons. The second-order valence-electron chi connectivity index (χ2n) is 6.10. The van der Waals surface area contributed by atoms with Crippen LogP contribution in [-0.4, -0.2) is 36.8 Å². The van der Waals surface area contributed by atoms with Gasteiger partial charge in [0.2, 0.25) is 15.9 Å². The molecular weight excluding hydrogens is 394 g/mol. The van der Waals surface area contributed by atoms with E-state index in [9.17, 15) is 13.2 Å². The first-order chi connectivity index (χ1) is 13.4. The third-order valence-electron chi connectivity index (χ3n) is 4.19. The van der Waals surface area contributed by atoms with Crippen molar-refractivity contribution in [3.63, 3.8) is 0 Å². The van der Waals surface area contributed by atoms with Crippen LogP contribution in [0.1, 0.15) is 25.8 Å². The molecule has 0 aliphatic heterocycles. The minimum atomic E-state index is -3.50. The van der Waals surface area contributed by atoms with Gasteiger partial charge in [-0.3, -0.25) is 4.79 Å². The Kier molecular flexibility index (Phi) is 8.10. The smallest absolute Gasteiger partial charge is 0.243 e. The van der Waals surface area contributed by atoms with Crippen LogP contribution < -0.4 is 10.6 Å². The van der Waals surface area contributed by atoms with Gasteiger partial charge in [0.1, 0.15) is 0 Å². The highest BCUT2D eigenvalue weighted by atomic mass is 32.2. The van der Waals surface area contributed by atoms with Gasteiger partial charge >= 0.3 is 0 Å². The normalized spacial score (nSPS) is 11.2. The molecule has 0 spiro atoms. The highest BCUT2D eigenvalue weighted by Gasteiger charge is 2.21. The van der Waals surface area contributed by atoms with Crippen molar-refractivity contribution in [2.45, 2.75) is 31.6 Å². The summed E-state index contributed by atoms with van der Waals surface area (Å²) in [7, 11) is -3.50. The number of carbonyl (C=O) groups excluding carboxylic acids is 1. The van der Waals surface area contributed by atoms with E-state index in [2.05, 4.69) is 10.6 Å². The van der Waals surface area contributed by atoms with Crippen molar-refractivity contribution in [1.29, 1.82) is 0 Å². The van der Waals surface area contributed by atoms with Gasteiger partial charge in [-0.15, -0.1) is 0 Å². The molecule has 0 aromatic heterocycles. The maximum atomic E-state index is 12.5. The van der Waals surface area contributed by atoms with Crippen molar-refractivity contribution < 1.29 is 13.2 Å². The predicted molar refractivity (Wildman–Crippen MR) is 116 cm³/mol. The van der Waals surface area contributed by atoms with Crippen molar-refractivity contribution in [3.05, 3.63) is 60.2 Å². The SMILES string of the molecule is CCN(CC)S(=O)(=O)c1ccc(NC(=S)NC(=O)CCc2ccccc2)cc1. The third-order valence-corrected chi connectivity index (χ3v) is 6.46. The van der Waals surface area contributed by atoms with E-state index < -0.39 is 10.0 Å². The molecule has 0 bridgehead atoms. The van der Waals surface area contributed by atoms with E-state index in [1.807, 2.05) is 30.3 Å². The Hall–Kier alpha value is -2.29. The van der Waals surface area contributed by atoms with E-state index in [1.165, 1.54) is 16.4 Å². The number of rotatable bonds is 8. The van der Waals surface area contributed by atoms with Crippen LogP contribution in [0.5, 0.6) is 0 Å². The average molecular weight is 420 g/mol. The molecular formula is C20H25N3O3S2. The topological polar surface area (TPSA) is 78.5 Å². The Morgan fingerprint density at radius 3 is 2.18 bits per heavy atom. The van der Waals surface area contributed by atoms with Crippen LogP contribution in [0, 0.1) is 0 Å². The molecule has 2 aromatic rings. The molecule has 2 N–H and O–H groups in total. The number of hydrogen-bond donors (Lipinski definition) is 2. The Bertz CT molecular complexity index is 894. The molecule has 0 saturated heterocycles. The summed E-state index contributed by atoms with van der Waals surface area (Å²) in [6.45, 7) is 4.43. The van der Waals surface area contributed by atoms with Gasteiger partial charge in [-0.2, -0.15) is 4.31 Å². The summed E-state index contributed by atoms with van der Waals surface area (Å²) >= 11 is 5.16. The Morgan fingerprint density at radius 2 is 1.61 bits per heavy atom. The lowest BCUT2D eigenvalue weighted by Crippen LogP contribution is -2.34. The van der Waals surface area contributed by atoms with Crippen LogP contribution in [0.15, 0.2) is 59.5 Å². The van der Waals surface area contributed by atoms with E-state index in [-0.39, 0.29) is 15.9 Å². The van der Waals surface area contributed by atoms with Crippen molar-refractivity contribution in [2.24, 2.45) is 0 Å². The third kappa shape index (κ3) is 6.12. The minimum absolute atomic E-state index is 0.178. The van der Waals surface area contributed by atoms with Gasteiger partial charge in [0.05, 0.1) is 4.90 Å². The quantitative estimate of drug-likeness (QED) is 0.643. The van der Waals surface area contributed by atoms with Crippen LogP contribution in [0.2, 0.25) is 0 Å². The molecule has 0 unspecified atom stereocenters. The second kappa shape index (κ2) is 10.3. The molecule has 0 atom stereocenters. The Balaban J connectivity index is 1.89. The van der Waals surface area contributed by atoms with Gasteiger partial charge in [-0.05, 0) is 48.5 Å². The van der Waals surface area contributed by atoms with Gasteiger partial charge in [-0.1, -0.05) is 44.2 Å². The molecule has 0 heterocycles. The van der Waals surface area contributed by atoms with Crippen LogP contribution in [0.25, 0.3) is 0 Å². The molecule has 8 heteroatoms. The highest BCUT2D eigenvalue weighted by molar-refractivity contribution is 7.89. The Labute approximate surface area is 172 Å². The highest BCUT2D eigenvalue weighted by Crippen LogP contribution is 2.18. The van der Waals surface area contributed by atoms with E-state index >= 15 is 0 Å². The summed E-state index contributed by atoms with van der Waals surface area (Å²) in [5.41, 5.74) is 1.69. The zero-order chi connectivity index (χ0) is 20.6. The van der Waals surface area contributed by atoms with Crippen molar-refractivity contribution in [3.8, 4) is 0 Å². The van der Waals surface area contributed by atoms with Gasteiger partial charge in [-0.25, -0.2) is 8.42 Å².